The number of ether oxygens (including phenoxy) is 1. The largest absolute Gasteiger partial charge is 0.481 e. The summed E-state index contributed by atoms with van der Waals surface area (Å²) in [5.74, 6) is -1.42. The number of rotatable bonds is 5. The molecule has 2 amide bonds. The number of hydrogen-bond acceptors (Lipinski definition) is 4. The summed E-state index contributed by atoms with van der Waals surface area (Å²) in [6.45, 7) is -0.0743. The molecular weight excluding hydrogens is 228 g/mol. The average Bonchev–Trinajstić information content (AvgIpc) is 3.06. The van der Waals surface area contributed by atoms with E-state index in [0.717, 1.165) is 4.90 Å². The van der Waals surface area contributed by atoms with Crippen LogP contribution in [0.25, 0.3) is 0 Å². The summed E-state index contributed by atoms with van der Waals surface area (Å²) >= 11 is 0. The molecule has 0 aromatic rings. The van der Waals surface area contributed by atoms with E-state index in [0.29, 0.717) is 12.8 Å². The quantitative estimate of drug-likeness (QED) is 0.645. The monoisotopic (exact) mass is 244 g/mol. The fraction of sp³-hybridized carbons (Fsp3) is 0.700. The van der Waals surface area contributed by atoms with Crippen molar-refractivity contribution in [2.75, 3.05) is 27.2 Å². The van der Waals surface area contributed by atoms with Crippen LogP contribution in [0.4, 0.5) is 4.79 Å². The number of nitrogens with one attached hydrogen (secondary N) is 1. The molecule has 0 aromatic heterocycles. The highest BCUT2D eigenvalue weighted by molar-refractivity contribution is 5.82. The number of hydrogen-bond donors (Lipinski definition) is 2. The molecule has 0 radical (unpaired) electrons. The van der Waals surface area contributed by atoms with Gasteiger partial charge in [0.15, 0.2) is 0 Å². The molecule has 0 atom stereocenters. The summed E-state index contributed by atoms with van der Waals surface area (Å²) in [5, 5.41) is 11.4. The number of carboxylic acids is 1. The van der Waals surface area contributed by atoms with Crippen molar-refractivity contribution in [3.63, 3.8) is 0 Å². The lowest BCUT2D eigenvalue weighted by Gasteiger charge is -2.18. The first-order valence-corrected chi connectivity index (χ1v) is 5.20. The van der Waals surface area contributed by atoms with Gasteiger partial charge in [-0.3, -0.25) is 9.59 Å². The van der Waals surface area contributed by atoms with Gasteiger partial charge in [0.25, 0.3) is 0 Å². The van der Waals surface area contributed by atoms with Crippen LogP contribution in [0, 0.1) is 5.41 Å². The zero-order valence-corrected chi connectivity index (χ0v) is 9.86. The van der Waals surface area contributed by atoms with Crippen LogP contribution in [0.2, 0.25) is 0 Å². The van der Waals surface area contributed by atoms with Crippen LogP contribution in [0.1, 0.15) is 12.8 Å². The normalized spacial score (nSPS) is 15.9. The van der Waals surface area contributed by atoms with Gasteiger partial charge in [0.2, 0.25) is 0 Å². The molecule has 0 spiro atoms. The van der Waals surface area contributed by atoms with Crippen molar-refractivity contribution in [3.05, 3.63) is 0 Å². The maximum atomic E-state index is 11.5. The van der Waals surface area contributed by atoms with Crippen LogP contribution in [0.3, 0.4) is 0 Å². The van der Waals surface area contributed by atoms with E-state index in [1.165, 1.54) is 14.2 Å². The number of likely N-dealkylation sites (N-methyl/N-ethyl adjacent to an activating group) is 1. The molecule has 1 rings (SSSR count). The Hall–Kier alpha value is -1.79. The van der Waals surface area contributed by atoms with Gasteiger partial charge in [0.1, 0.15) is 6.54 Å². The van der Waals surface area contributed by atoms with Crippen molar-refractivity contribution in [1.29, 1.82) is 0 Å². The fourth-order valence-electron chi connectivity index (χ4n) is 1.33. The van der Waals surface area contributed by atoms with E-state index in [1.807, 2.05) is 0 Å². The summed E-state index contributed by atoms with van der Waals surface area (Å²) < 4.78 is 4.41. The Morgan fingerprint density at radius 3 is 2.41 bits per heavy atom. The van der Waals surface area contributed by atoms with E-state index >= 15 is 0 Å². The molecule has 0 aromatic carbocycles. The van der Waals surface area contributed by atoms with Gasteiger partial charge < -0.3 is 20.1 Å². The number of carboxylic acid groups (broad SMARTS) is 1. The van der Waals surface area contributed by atoms with Gasteiger partial charge in [-0.1, -0.05) is 0 Å². The van der Waals surface area contributed by atoms with Gasteiger partial charge in [-0.2, -0.15) is 0 Å². The molecule has 1 aliphatic rings. The van der Waals surface area contributed by atoms with Crippen LogP contribution in [-0.4, -0.2) is 55.2 Å². The van der Waals surface area contributed by atoms with Crippen LogP contribution in [0.15, 0.2) is 0 Å². The molecule has 7 nitrogen and oxygen atoms in total. The number of esters is 1. The molecule has 17 heavy (non-hydrogen) atoms. The van der Waals surface area contributed by atoms with Crippen molar-refractivity contribution >= 4 is 18.0 Å². The molecule has 0 aliphatic heterocycles. The minimum Gasteiger partial charge on any atom is -0.481 e. The van der Waals surface area contributed by atoms with Gasteiger partial charge in [-0.25, -0.2) is 4.79 Å². The Balaban J connectivity index is 2.34. The highest BCUT2D eigenvalue weighted by Gasteiger charge is 2.50. The van der Waals surface area contributed by atoms with Gasteiger partial charge in [0, 0.05) is 13.6 Å². The second-order valence-electron chi connectivity index (χ2n) is 4.18. The summed E-state index contributed by atoms with van der Waals surface area (Å²) in [6.07, 6.45) is 1.15. The number of carbonyl (C=O) groups excluding carboxylic acids is 2. The third-order valence-corrected chi connectivity index (χ3v) is 2.83. The summed E-state index contributed by atoms with van der Waals surface area (Å²) in [5.41, 5.74) is -0.804. The maximum Gasteiger partial charge on any atom is 0.325 e. The van der Waals surface area contributed by atoms with E-state index in [2.05, 4.69) is 10.1 Å². The molecule has 0 heterocycles. The first-order chi connectivity index (χ1) is 7.91. The molecule has 0 saturated heterocycles. The molecule has 0 bridgehead atoms. The Labute approximate surface area is 98.7 Å². The van der Waals surface area contributed by atoms with Crippen molar-refractivity contribution in [1.82, 2.24) is 10.2 Å². The number of carbonyl (C=O) groups is 3. The molecule has 1 saturated carbocycles. The third-order valence-electron chi connectivity index (χ3n) is 2.83. The topological polar surface area (TPSA) is 95.9 Å². The standard InChI is InChI=1S/C10H16N2O5/c1-12(5-7(13)17-2)9(16)11-6-10(3-4-10)8(14)15/h3-6H2,1-2H3,(H,11,16)(H,14,15). The Bertz CT molecular complexity index is 338. The second kappa shape index (κ2) is 5.03. The molecule has 7 heteroatoms. The lowest BCUT2D eigenvalue weighted by molar-refractivity contribution is -0.143. The van der Waals surface area contributed by atoms with Crippen LogP contribution >= 0.6 is 0 Å². The summed E-state index contributed by atoms with van der Waals surface area (Å²) in [4.78, 5) is 34.4. The van der Waals surface area contributed by atoms with E-state index in [4.69, 9.17) is 5.11 Å². The van der Waals surface area contributed by atoms with Crippen LogP contribution in [0.5, 0.6) is 0 Å². The van der Waals surface area contributed by atoms with Crippen molar-refractivity contribution < 1.29 is 24.2 Å². The minimum atomic E-state index is -0.895. The molecular formula is C10H16N2O5. The van der Waals surface area contributed by atoms with E-state index in [1.54, 1.807) is 0 Å². The highest BCUT2D eigenvalue weighted by atomic mass is 16.5. The van der Waals surface area contributed by atoms with E-state index in [9.17, 15) is 14.4 Å². The molecule has 0 unspecified atom stereocenters. The van der Waals surface area contributed by atoms with Crippen molar-refractivity contribution in [2.24, 2.45) is 5.41 Å². The van der Waals surface area contributed by atoms with Gasteiger partial charge in [0.05, 0.1) is 12.5 Å². The van der Waals surface area contributed by atoms with Gasteiger partial charge >= 0.3 is 18.0 Å². The summed E-state index contributed by atoms with van der Waals surface area (Å²) in [7, 11) is 2.67. The molecule has 1 aliphatic carbocycles. The maximum absolute atomic E-state index is 11.5. The average molecular weight is 244 g/mol. The zero-order valence-electron chi connectivity index (χ0n) is 9.86. The van der Waals surface area contributed by atoms with Crippen LogP contribution < -0.4 is 5.32 Å². The highest BCUT2D eigenvalue weighted by Crippen LogP contribution is 2.45. The second-order valence-corrected chi connectivity index (χ2v) is 4.18. The molecule has 1 fully saturated rings. The van der Waals surface area contributed by atoms with E-state index < -0.39 is 23.4 Å². The Morgan fingerprint density at radius 2 is 2.00 bits per heavy atom. The van der Waals surface area contributed by atoms with Gasteiger partial charge in [-0.05, 0) is 12.8 Å². The zero-order chi connectivity index (χ0) is 13.1. The number of methoxy groups -OCH3 is 1. The SMILES string of the molecule is COC(=O)CN(C)C(=O)NCC1(C(=O)O)CC1. The fourth-order valence-corrected chi connectivity index (χ4v) is 1.33. The first kappa shape index (κ1) is 13.3. The predicted molar refractivity (Wildman–Crippen MR) is 57.3 cm³/mol. The lowest BCUT2D eigenvalue weighted by Crippen LogP contribution is -2.43. The Morgan fingerprint density at radius 1 is 1.41 bits per heavy atom. The third kappa shape index (κ3) is 3.33. The van der Waals surface area contributed by atoms with Gasteiger partial charge in [-0.15, -0.1) is 0 Å². The molecule has 96 valence electrons. The van der Waals surface area contributed by atoms with Crippen molar-refractivity contribution in [3.8, 4) is 0 Å². The number of amides is 2. The minimum absolute atomic E-state index is 0.0900. The smallest absolute Gasteiger partial charge is 0.325 e. The summed E-state index contributed by atoms with van der Waals surface area (Å²) in [6, 6.07) is -0.483. The predicted octanol–water partition coefficient (Wildman–Crippen LogP) is -0.334. The van der Waals surface area contributed by atoms with Crippen LogP contribution in [-0.2, 0) is 14.3 Å². The Kier molecular flexibility index (Phi) is 3.93. The lowest BCUT2D eigenvalue weighted by atomic mass is 10.1. The first-order valence-electron chi connectivity index (χ1n) is 5.20. The van der Waals surface area contributed by atoms with Crippen molar-refractivity contribution in [2.45, 2.75) is 12.8 Å². The number of nitrogens with zero attached hydrogens (tertiary/aromatic N) is 1. The number of aliphatic carboxylic acids is 1. The molecule has 2 N–H and O–H groups in total. The van der Waals surface area contributed by atoms with E-state index in [-0.39, 0.29) is 13.1 Å². The number of urea groups is 1.